The summed E-state index contributed by atoms with van der Waals surface area (Å²) in [6.45, 7) is 12.1. The summed E-state index contributed by atoms with van der Waals surface area (Å²) in [5.41, 5.74) is 2.48. The zero-order valence-corrected chi connectivity index (χ0v) is 14.2. The summed E-state index contributed by atoms with van der Waals surface area (Å²) in [6.07, 6.45) is 5.30. The van der Waals surface area contributed by atoms with E-state index in [0.717, 1.165) is 31.2 Å². The highest BCUT2D eigenvalue weighted by Crippen LogP contribution is 2.24. The Morgan fingerprint density at radius 2 is 2.10 bits per heavy atom. The molecule has 0 radical (unpaired) electrons. The average molecular weight is 289 g/mol. The maximum atomic E-state index is 4.78. The first-order chi connectivity index (χ1) is 10.1. The molecule has 2 rings (SSSR count). The topological polar surface area (TPSA) is 28.2 Å². The molecule has 3 nitrogen and oxygen atoms in total. The van der Waals surface area contributed by atoms with Gasteiger partial charge in [-0.3, -0.25) is 0 Å². The molecular weight excluding hydrogens is 258 g/mol. The molecule has 1 aliphatic rings. The first kappa shape index (κ1) is 16.3. The Kier molecular flexibility index (Phi) is 6.04. The summed E-state index contributed by atoms with van der Waals surface area (Å²) in [5.74, 6) is 2.08. The number of aromatic nitrogens is 1. The minimum absolute atomic E-state index is 0.519. The second-order valence-electron chi connectivity index (χ2n) is 6.70. The standard InChI is InChI=1S/C18H31N3/c1-5-16-7-6-9-21(10-8-16)18-12-17(11-15(4)20-18)13-19-14(2)3/h11-12,14,16,19H,5-10,13H2,1-4H3. The van der Waals surface area contributed by atoms with Crippen LogP contribution in [0.3, 0.4) is 0 Å². The van der Waals surface area contributed by atoms with Crippen molar-refractivity contribution in [2.24, 2.45) is 5.92 Å². The maximum absolute atomic E-state index is 4.78. The lowest BCUT2D eigenvalue weighted by atomic mass is 9.98. The van der Waals surface area contributed by atoms with Crippen LogP contribution in [0.4, 0.5) is 5.82 Å². The summed E-state index contributed by atoms with van der Waals surface area (Å²) in [4.78, 5) is 7.26. The second kappa shape index (κ2) is 7.79. The number of nitrogens with zero attached hydrogens (tertiary/aromatic N) is 2. The minimum atomic E-state index is 0.519. The molecule has 0 saturated carbocycles. The maximum Gasteiger partial charge on any atom is 0.129 e. The Labute approximate surface area is 130 Å². The molecule has 1 aliphatic heterocycles. The third kappa shape index (κ3) is 4.99. The van der Waals surface area contributed by atoms with E-state index >= 15 is 0 Å². The van der Waals surface area contributed by atoms with Gasteiger partial charge in [-0.1, -0.05) is 27.2 Å². The van der Waals surface area contributed by atoms with Crippen molar-refractivity contribution in [3.8, 4) is 0 Å². The van der Waals surface area contributed by atoms with Crippen molar-refractivity contribution in [3.05, 3.63) is 23.4 Å². The van der Waals surface area contributed by atoms with E-state index in [2.05, 4.69) is 50.0 Å². The van der Waals surface area contributed by atoms with Gasteiger partial charge in [-0.15, -0.1) is 0 Å². The molecule has 0 bridgehead atoms. The van der Waals surface area contributed by atoms with E-state index < -0.39 is 0 Å². The lowest BCUT2D eigenvalue weighted by Gasteiger charge is -2.23. The van der Waals surface area contributed by atoms with Crippen molar-refractivity contribution in [2.75, 3.05) is 18.0 Å². The zero-order valence-electron chi connectivity index (χ0n) is 14.2. The first-order valence-electron chi connectivity index (χ1n) is 8.54. The van der Waals surface area contributed by atoms with Crippen LogP contribution < -0.4 is 10.2 Å². The molecule has 118 valence electrons. The largest absolute Gasteiger partial charge is 0.357 e. The second-order valence-corrected chi connectivity index (χ2v) is 6.70. The smallest absolute Gasteiger partial charge is 0.129 e. The monoisotopic (exact) mass is 289 g/mol. The number of hydrogen-bond acceptors (Lipinski definition) is 3. The molecule has 0 aromatic carbocycles. The molecule has 1 N–H and O–H groups in total. The van der Waals surface area contributed by atoms with Crippen molar-refractivity contribution < 1.29 is 0 Å². The van der Waals surface area contributed by atoms with Crippen LogP contribution in [0, 0.1) is 12.8 Å². The quantitative estimate of drug-likeness (QED) is 0.891. The van der Waals surface area contributed by atoms with Crippen LogP contribution in [0.1, 0.15) is 57.7 Å². The fourth-order valence-electron chi connectivity index (χ4n) is 3.11. The van der Waals surface area contributed by atoms with Crippen LogP contribution in [-0.4, -0.2) is 24.1 Å². The van der Waals surface area contributed by atoms with Crippen LogP contribution in [0.15, 0.2) is 12.1 Å². The van der Waals surface area contributed by atoms with E-state index in [1.165, 1.54) is 37.1 Å². The van der Waals surface area contributed by atoms with Crippen molar-refractivity contribution in [1.29, 1.82) is 0 Å². The normalized spacial score (nSPS) is 19.9. The van der Waals surface area contributed by atoms with Gasteiger partial charge in [0, 0.05) is 31.4 Å². The molecule has 0 amide bonds. The van der Waals surface area contributed by atoms with Gasteiger partial charge in [-0.05, 0) is 49.8 Å². The summed E-state index contributed by atoms with van der Waals surface area (Å²) in [7, 11) is 0. The molecule has 0 spiro atoms. The van der Waals surface area contributed by atoms with Crippen molar-refractivity contribution in [3.63, 3.8) is 0 Å². The molecule has 1 unspecified atom stereocenters. The molecule has 1 aromatic heterocycles. The molecule has 1 fully saturated rings. The van der Waals surface area contributed by atoms with Gasteiger partial charge in [-0.2, -0.15) is 0 Å². The predicted octanol–water partition coefficient (Wildman–Crippen LogP) is 3.90. The predicted molar refractivity (Wildman–Crippen MR) is 90.8 cm³/mol. The van der Waals surface area contributed by atoms with E-state index in [0.29, 0.717) is 6.04 Å². The highest BCUT2D eigenvalue weighted by atomic mass is 15.2. The van der Waals surface area contributed by atoms with Crippen LogP contribution in [-0.2, 0) is 6.54 Å². The van der Waals surface area contributed by atoms with E-state index in [-0.39, 0.29) is 0 Å². The Morgan fingerprint density at radius 1 is 1.29 bits per heavy atom. The zero-order chi connectivity index (χ0) is 15.2. The Bertz CT molecular complexity index is 442. The van der Waals surface area contributed by atoms with Gasteiger partial charge in [0.25, 0.3) is 0 Å². The Morgan fingerprint density at radius 3 is 2.81 bits per heavy atom. The number of pyridine rings is 1. The van der Waals surface area contributed by atoms with Crippen LogP contribution in [0.2, 0.25) is 0 Å². The lowest BCUT2D eigenvalue weighted by molar-refractivity contribution is 0.459. The van der Waals surface area contributed by atoms with Crippen LogP contribution in [0.25, 0.3) is 0 Å². The summed E-state index contributed by atoms with van der Waals surface area (Å²) in [6, 6.07) is 4.99. The van der Waals surface area contributed by atoms with Gasteiger partial charge in [0.05, 0.1) is 0 Å². The molecule has 0 aliphatic carbocycles. The van der Waals surface area contributed by atoms with Crippen molar-refractivity contribution in [2.45, 2.75) is 66.0 Å². The van der Waals surface area contributed by atoms with E-state index in [1.807, 2.05) is 0 Å². The molecular formula is C18H31N3. The van der Waals surface area contributed by atoms with Crippen LogP contribution >= 0.6 is 0 Å². The van der Waals surface area contributed by atoms with Gasteiger partial charge >= 0.3 is 0 Å². The molecule has 1 aromatic rings. The van der Waals surface area contributed by atoms with Crippen LogP contribution in [0.5, 0.6) is 0 Å². The number of aryl methyl sites for hydroxylation is 1. The third-order valence-electron chi connectivity index (χ3n) is 4.46. The van der Waals surface area contributed by atoms with E-state index in [1.54, 1.807) is 0 Å². The highest BCUT2D eigenvalue weighted by molar-refractivity contribution is 5.42. The number of nitrogens with one attached hydrogen (secondary N) is 1. The Hall–Kier alpha value is -1.09. The molecule has 1 saturated heterocycles. The van der Waals surface area contributed by atoms with Gasteiger partial charge in [-0.25, -0.2) is 4.98 Å². The van der Waals surface area contributed by atoms with E-state index in [9.17, 15) is 0 Å². The minimum Gasteiger partial charge on any atom is -0.357 e. The fraction of sp³-hybridized carbons (Fsp3) is 0.722. The number of hydrogen-bond donors (Lipinski definition) is 1. The third-order valence-corrected chi connectivity index (χ3v) is 4.46. The van der Waals surface area contributed by atoms with Gasteiger partial charge in [0.2, 0.25) is 0 Å². The highest BCUT2D eigenvalue weighted by Gasteiger charge is 2.17. The molecule has 1 atom stereocenters. The van der Waals surface area contributed by atoms with Crippen molar-refractivity contribution in [1.82, 2.24) is 10.3 Å². The van der Waals surface area contributed by atoms with Gasteiger partial charge in [0.15, 0.2) is 0 Å². The average Bonchev–Trinajstić information content (AvgIpc) is 2.70. The van der Waals surface area contributed by atoms with Crippen molar-refractivity contribution >= 4 is 5.82 Å². The van der Waals surface area contributed by atoms with Gasteiger partial charge in [0.1, 0.15) is 5.82 Å². The summed E-state index contributed by atoms with van der Waals surface area (Å²) >= 11 is 0. The summed E-state index contributed by atoms with van der Waals surface area (Å²) < 4.78 is 0. The number of rotatable bonds is 5. The lowest BCUT2D eigenvalue weighted by Crippen LogP contribution is -2.26. The van der Waals surface area contributed by atoms with E-state index in [4.69, 9.17) is 4.98 Å². The summed E-state index contributed by atoms with van der Waals surface area (Å²) in [5, 5.41) is 3.50. The SMILES string of the molecule is CCC1CCCN(c2cc(CNC(C)C)cc(C)n2)CC1. The Balaban J connectivity index is 2.07. The fourth-order valence-corrected chi connectivity index (χ4v) is 3.11. The number of anilines is 1. The molecule has 2 heterocycles. The van der Waals surface area contributed by atoms with Gasteiger partial charge < -0.3 is 10.2 Å². The molecule has 21 heavy (non-hydrogen) atoms. The first-order valence-corrected chi connectivity index (χ1v) is 8.54. The molecule has 3 heteroatoms.